The lowest BCUT2D eigenvalue weighted by Crippen LogP contribution is -2.26. The van der Waals surface area contributed by atoms with Gasteiger partial charge in [-0.15, -0.1) is 0 Å². The van der Waals surface area contributed by atoms with Crippen LogP contribution in [0.15, 0.2) is 10.9 Å². The van der Waals surface area contributed by atoms with Gasteiger partial charge in [0.05, 0.1) is 4.92 Å². The summed E-state index contributed by atoms with van der Waals surface area (Å²) in [6.07, 6.45) is 1.60. The maximum absolute atomic E-state index is 12.1. The second kappa shape index (κ2) is 6.26. The first-order valence-electron chi connectivity index (χ1n) is 6.25. The molecule has 0 fully saturated rings. The summed E-state index contributed by atoms with van der Waals surface area (Å²) < 4.78 is 1.41. The Morgan fingerprint density at radius 1 is 1.47 bits per heavy atom. The largest absolute Gasteiger partial charge is 0.337 e. The van der Waals surface area contributed by atoms with Crippen molar-refractivity contribution in [3.8, 4) is 0 Å². The Balaban J connectivity index is 3.41. The molecular weight excluding hydrogens is 248 g/mol. The highest BCUT2D eigenvalue weighted by Gasteiger charge is 2.23. The van der Waals surface area contributed by atoms with Crippen LogP contribution in [0.25, 0.3) is 0 Å². The number of carbonyl (C=O) groups excluding carboxylic acids is 1. The molecule has 0 unspecified atom stereocenters. The van der Waals surface area contributed by atoms with Crippen molar-refractivity contribution in [2.75, 3.05) is 0 Å². The van der Waals surface area contributed by atoms with E-state index < -0.39 is 16.2 Å². The zero-order chi connectivity index (χ0) is 14.6. The van der Waals surface area contributed by atoms with Crippen molar-refractivity contribution in [2.24, 2.45) is 0 Å². The fourth-order valence-corrected chi connectivity index (χ4v) is 2.02. The molecule has 104 valence electrons. The summed E-state index contributed by atoms with van der Waals surface area (Å²) in [7, 11) is 0. The van der Waals surface area contributed by atoms with Gasteiger partial charge in [0.15, 0.2) is 0 Å². The SMILES string of the molecule is CCCCn1c(C)cc(CC(C)=O)c([N+](=O)[O-])c1=O. The molecule has 0 saturated carbocycles. The van der Waals surface area contributed by atoms with E-state index in [0.717, 1.165) is 12.8 Å². The van der Waals surface area contributed by atoms with Gasteiger partial charge in [0.25, 0.3) is 0 Å². The average molecular weight is 266 g/mol. The molecule has 0 N–H and O–H groups in total. The summed E-state index contributed by atoms with van der Waals surface area (Å²) in [4.78, 5) is 33.6. The average Bonchev–Trinajstić information content (AvgIpc) is 2.26. The Morgan fingerprint density at radius 3 is 2.58 bits per heavy atom. The molecular formula is C13H18N2O4. The molecule has 0 spiro atoms. The Kier molecular flexibility index (Phi) is 4.97. The summed E-state index contributed by atoms with van der Waals surface area (Å²) in [6.45, 7) is 5.52. The summed E-state index contributed by atoms with van der Waals surface area (Å²) >= 11 is 0. The minimum atomic E-state index is -0.692. The molecule has 1 heterocycles. The van der Waals surface area contributed by atoms with E-state index in [4.69, 9.17) is 0 Å². The molecule has 0 bridgehead atoms. The number of hydrogen-bond donors (Lipinski definition) is 0. The van der Waals surface area contributed by atoms with Gasteiger partial charge in [0.1, 0.15) is 5.78 Å². The normalized spacial score (nSPS) is 10.5. The highest BCUT2D eigenvalue weighted by atomic mass is 16.6. The van der Waals surface area contributed by atoms with Crippen LogP contribution >= 0.6 is 0 Å². The van der Waals surface area contributed by atoms with Gasteiger partial charge in [0.2, 0.25) is 0 Å². The summed E-state index contributed by atoms with van der Waals surface area (Å²) in [5, 5.41) is 11.0. The van der Waals surface area contributed by atoms with Gasteiger partial charge in [-0.25, -0.2) is 0 Å². The minimum Gasteiger partial charge on any atom is -0.307 e. The third kappa shape index (κ3) is 3.49. The first-order chi connectivity index (χ1) is 8.88. The lowest BCUT2D eigenvalue weighted by Gasteiger charge is -2.11. The molecule has 0 aromatic carbocycles. The highest BCUT2D eigenvalue weighted by molar-refractivity contribution is 5.79. The molecule has 1 aromatic rings. The van der Waals surface area contributed by atoms with Crippen LogP contribution in [0.3, 0.4) is 0 Å². The molecule has 0 aliphatic carbocycles. The van der Waals surface area contributed by atoms with E-state index in [-0.39, 0.29) is 17.8 Å². The number of pyridine rings is 1. The van der Waals surface area contributed by atoms with E-state index in [2.05, 4.69) is 0 Å². The van der Waals surface area contributed by atoms with Crippen LogP contribution in [0.4, 0.5) is 5.69 Å². The van der Waals surface area contributed by atoms with Crippen molar-refractivity contribution in [3.05, 3.63) is 37.8 Å². The zero-order valence-electron chi connectivity index (χ0n) is 11.4. The Labute approximate surface area is 111 Å². The highest BCUT2D eigenvalue weighted by Crippen LogP contribution is 2.16. The van der Waals surface area contributed by atoms with Gasteiger partial charge in [-0.1, -0.05) is 13.3 Å². The summed E-state index contributed by atoms with van der Waals surface area (Å²) in [5.74, 6) is -0.201. The van der Waals surface area contributed by atoms with Crippen LogP contribution in [0.1, 0.15) is 37.9 Å². The number of nitrogens with zero attached hydrogens (tertiary/aromatic N) is 2. The second-order valence-corrected chi connectivity index (χ2v) is 4.61. The van der Waals surface area contributed by atoms with Crippen molar-refractivity contribution < 1.29 is 9.72 Å². The molecule has 0 aliphatic rings. The van der Waals surface area contributed by atoms with Gasteiger partial charge in [-0.2, -0.15) is 0 Å². The molecule has 19 heavy (non-hydrogen) atoms. The van der Waals surface area contributed by atoms with Crippen LogP contribution in [-0.4, -0.2) is 15.3 Å². The van der Waals surface area contributed by atoms with E-state index in [1.54, 1.807) is 13.0 Å². The van der Waals surface area contributed by atoms with Crippen LogP contribution in [0, 0.1) is 17.0 Å². The first-order valence-corrected chi connectivity index (χ1v) is 6.25. The van der Waals surface area contributed by atoms with E-state index in [1.165, 1.54) is 11.5 Å². The van der Waals surface area contributed by atoms with Crippen molar-refractivity contribution >= 4 is 11.5 Å². The van der Waals surface area contributed by atoms with Crippen LogP contribution in [-0.2, 0) is 17.8 Å². The second-order valence-electron chi connectivity index (χ2n) is 4.61. The van der Waals surface area contributed by atoms with Gasteiger partial charge < -0.3 is 4.57 Å². The van der Waals surface area contributed by atoms with E-state index in [1.807, 2.05) is 6.92 Å². The standard InChI is InChI=1S/C13H18N2O4/c1-4-5-6-14-9(2)7-11(8-10(3)16)12(13(14)17)15(18)19/h7H,4-6,8H2,1-3H3. The van der Waals surface area contributed by atoms with Gasteiger partial charge in [-0.3, -0.25) is 19.7 Å². The van der Waals surface area contributed by atoms with Crippen LogP contribution in [0.2, 0.25) is 0 Å². The number of ketones is 1. The van der Waals surface area contributed by atoms with Crippen molar-refractivity contribution in [2.45, 2.75) is 46.6 Å². The van der Waals surface area contributed by atoms with Crippen molar-refractivity contribution in [1.82, 2.24) is 4.57 Å². The lowest BCUT2D eigenvalue weighted by atomic mass is 10.1. The number of carbonyl (C=O) groups is 1. The van der Waals surface area contributed by atoms with Crippen molar-refractivity contribution in [1.29, 1.82) is 0 Å². The first kappa shape index (κ1) is 15.1. The zero-order valence-corrected chi connectivity index (χ0v) is 11.4. The maximum Gasteiger partial charge on any atom is 0.337 e. The van der Waals surface area contributed by atoms with E-state index >= 15 is 0 Å². The molecule has 0 aliphatic heterocycles. The summed E-state index contributed by atoms with van der Waals surface area (Å²) in [6, 6.07) is 1.57. The van der Waals surface area contributed by atoms with Gasteiger partial charge in [-0.05, 0) is 26.3 Å². The molecule has 6 nitrogen and oxygen atoms in total. The number of aryl methyl sites for hydroxylation is 1. The van der Waals surface area contributed by atoms with Gasteiger partial charge in [0, 0.05) is 24.2 Å². The topological polar surface area (TPSA) is 82.2 Å². The predicted molar refractivity (Wildman–Crippen MR) is 71.4 cm³/mol. The molecule has 0 radical (unpaired) electrons. The quantitative estimate of drug-likeness (QED) is 0.582. The number of nitro groups is 1. The summed E-state index contributed by atoms with van der Waals surface area (Å²) in [5.41, 5.74) is -0.236. The fourth-order valence-electron chi connectivity index (χ4n) is 2.02. The Morgan fingerprint density at radius 2 is 2.11 bits per heavy atom. The Bertz CT molecular complexity index is 560. The molecule has 6 heteroatoms. The number of aromatic nitrogens is 1. The van der Waals surface area contributed by atoms with Crippen LogP contribution < -0.4 is 5.56 Å². The lowest BCUT2D eigenvalue weighted by molar-refractivity contribution is -0.387. The number of Topliss-reactive ketones (excluding diaryl/α,β-unsaturated/α-hetero) is 1. The van der Waals surface area contributed by atoms with Crippen LogP contribution in [0.5, 0.6) is 0 Å². The molecule has 0 atom stereocenters. The molecule has 1 rings (SSSR count). The van der Waals surface area contributed by atoms with Crippen molar-refractivity contribution in [3.63, 3.8) is 0 Å². The minimum absolute atomic E-state index is 0.0823. The molecule has 1 aromatic heterocycles. The Hall–Kier alpha value is -1.98. The third-order valence-electron chi connectivity index (χ3n) is 2.92. The predicted octanol–water partition coefficient (Wildman–Crippen LogP) is 2.00. The number of hydrogen-bond acceptors (Lipinski definition) is 4. The van der Waals surface area contributed by atoms with Gasteiger partial charge >= 0.3 is 11.2 Å². The number of rotatable bonds is 6. The van der Waals surface area contributed by atoms with E-state index in [9.17, 15) is 19.7 Å². The molecule has 0 amide bonds. The fraction of sp³-hybridized carbons (Fsp3) is 0.538. The van der Waals surface area contributed by atoms with E-state index in [0.29, 0.717) is 12.2 Å². The molecule has 0 saturated heterocycles. The third-order valence-corrected chi connectivity index (χ3v) is 2.92. The number of unbranched alkanes of at least 4 members (excludes halogenated alkanes) is 1. The monoisotopic (exact) mass is 266 g/mol. The maximum atomic E-state index is 12.1. The smallest absolute Gasteiger partial charge is 0.307 e.